The van der Waals surface area contributed by atoms with Gasteiger partial charge in [-0.25, -0.2) is 0 Å². The fourth-order valence-corrected chi connectivity index (χ4v) is 3.11. The lowest BCUT2D eigenvalue weighted by atomic mass is 10.1. The Balaban J connectivity index is 1.76. The summed E-state index contributed by atoms with van der Waals surface area (Å²) in [5.74, 6) is 1.07. The standard InChI is InChI=1S/C20H15ClN2O3/c1-10-4-5-11(2)18-15(10)9-17(25-18)20-22-19(23-26-20)14-7-6-13(12(3)24)8-16(14)21/h4-9H,1-3H3. The molecule has 0 atom stereocenters. The fourth-order valence-electron chi connectivity index (χ4n) is 2.85. The van der Waals surface area contributed by atoms with E-state index in [9.17, 15) is 4.79 Å². The van der Waals surface area contributed by atoms with Gasteiger partial charge in [0, 0.05) is 16.5 Å². The number of aryl methyl sites for hydroxylation is 2. The van der Waals surface area contributed by atoms with Crippen molar-refractivity contribution in [2.75, 3.05) is 0 Å². The molecule has 0 saturated carbocycles. The summed E-state index contributed by atoms with van der Waals surface area (Å²) in [4.78, 5) is 15.9. The number of ketones is 1. The predicted molar refractivity (Wildman–Crippen MR) is 99.4 cm³/mol. The van der Waals surface area contributed by atoms with E-state index in [0.717, 1.165) is 22.1 Å². The molecule has 0 aliphatic rings. The number of Topliss-reactive ketones (excluding diaryl/α,β-unsaturated/α-hetero) is 1. The van der Waals surface area contributed by atoms with Crippen LogP contribution in [0.15, 0.2) is 45.3 Å². The van der Waals surface area contributed by atoms with Crippen LogP contribution in [0.2, 0.25) is 5.02 Å². The molecule has 0 aliphatic heterocycles. The Kier molecular flexibility index (Phi) is 3.89. The molecule has 0 aliphatic carbocycles. The second-order valence-electron chi connectivity index (χ2n) is 6.23. The molecule has 0 saturated heterocycles. The highest BCUT2D eigenvalue weighted by atomic mass is 35.5. The first-order valence-corrected chi connectivity index (χ1v) is 8.46. The van der Waals surface area contributed by atoms with Crippen molar-refractivity contribution in [2.45, 2.75) is 20.8 Å². The van der Waals surface area contributed by atoms with Crippen LogP contribution in [-0.4, -0.2) is 15.9 Å². The average molecular weight is 367 g/mol. The summed E-state index contributed by atoms with van der Waals surface area (Å²) >= 11 is 6.27. The van der Waals surface area contributed by atoms with E-state index in [0.29, 0.717) is 27.7 Å². The summed E-state index contributed by atoms with van der Waals surface area (Å²) < 4.78 is 11.3. The van der Waals surface area contributed by atoms with Gasteiger partial charge < -0.3 is 8.94 Å². The summed E-state index contributed by atoms with van der Waals surface area (Å²) in [6.45, 7) is 5.50. The maximum atomic E-state index is 11.5. The molecular formula is C20H15ClN2O3. The number of carbonyl (C=O) groups is 1. The molecule has 0 fully saturated rings. The molecule has 2 heterocycles. The molecule has 0 N–H and O–H groups in total. The van der Waals surface area contributed by atoms with Gasteiger partial charge in [0.1, 0.15) is 5.58 Å². The molecule has 2 aromatic carbocycles. The second kappa shape index (κ2) is 6.11. The van der Waals surface area contributed by atoms with Crippen LogP contribution < -0.4 is 0 Å². The Morgan fingerprint density at radius 1 is 1.08 bits per heavy atom. The van der Waals surface area contributed by atoms with E-state index >= 15 is 0 Å². The van der Waals surface area contributed by atoms with Crippen molar-refractivity contribution in [3.8, 4) is 23.0 Å². The van der Waals surface area contributed by atoms with Crippen molar-refractivity contribution < 1.29 is 13.7 Å². The van der Waals surface area contributed by atoms with Gasteiger partial charge in [0.25, 0.3) is 5.89 Å². The third kappa shape index (κ3) is 2.70. The summed E-state index contributed by atoms with van der Waals surface area (Å²) in [5.41, 5.74) is 4.09. The third-order valence-electron chi connectivity index (χ3n) is 4.35. The predicted octanol–water partition coefficient (Wildman–Crippen LogP) is 5.62. The van der Waals surface area contributed by atoms with Gasteiger partial charge in [-0.15, -0.1) is 0 Å². The molecular weight excluding hydrogens is 352 g/mol. The molecule has 0 amide bonds. The zero-order valence-electron chi connectivity index (χ0n) is 14.5. The SMILES string of the molecule is CC(=O)c1ccc(-c2noc(-c3cc4c(C)ccc(C)c4o3)n2)c(Cl)c1. The normalized spacial score (nSPS) is 11.2. The monoisotopic (exact) mass is 366 g/mol. The lowest BCUT2D eigenvalue weighted by molar-refractivity contribution is 0.101. The summed E-state index contributed by atoms with van der Waals surface area (Å²) in [5, 5.41) is 5.41. The molecule has 0 spiro atoms. The Morgan fingerprint density at radius 3 is 2.54 bits per heavy atom. The minimum Gasteiger partial charge on any atom is -0.451 e. The Hall–Kier alpha value is -2.92. The number of furan rings is 1. The largest absolute Gasteiger partial charge is 0.451 e. The Labute approximate surface area is 154 Å². The number of benzene rings is 2. The molecule has 0 bridgehead atoms. The maximum Gasteiger partial charge on any atom is 0.293 e. The molecule has 26 heavy (non-hydrogen) atoms. The summed E-state index contributed by atoms with van der Waals surface area (Å²) in [7, 11) is 0. The number of carbonyl (C=O) groups excluding carboxylic acids is 1. The highest BCUT2D eigenvalue weighted by Crippen LogP contribution is 2.33. The molecule has 4 rings (SSSR count). The highest BCUT2D eigenvalue weighted by molar-refractivity contribution is 6.33. The van der Waals surface area contributed by atoms with Crippen LogP contribution in [0.25, 0.3) is 34.0 Å². The van der Waals surface area contributed by atoms with Crippen molar-refractivity contribution in [3.63, 3.8) is 0 Å². The van der Waals surface area contributed by atoms with Gasteiger partial charge in [0.05, 0.1) is 5.02 Å². The lowest BCUT2D eigenvalue weighted by Gasteiger charge is -2.01. The van der Waals surface area contributed by atoms with Crippen molar-refractivity contribution in [3.05, 3.63) is 58.1 Å². The number of halogens is 1. The molecule has 6 heteroatoms. The van der Waals surface area contributed by atoms with Gasteiger partial charge in [-0.2, -0.15) is 4.98 Å². The topological polar surface area (TPSA) is 69.1 Å². The number of aromatic nitrogens is 2. The van der Waals surface area contributed by atoms with E-state index in [4.69, 9.17) is 20.5 Å². The van der Waals surface area contributed by atoms with Crippen molar-refractivity contribution in [1.29, 1.82) is 0 Å². The van der Waals surface area contributed by atoms with E-state index in [2.05, 4.69) is 10.1 Å². The minimum absolute atomic E-state index is 0.0553. The number of fused-ring (bicyclic) bond motifs is 1. The van der Waals surface area contributed by atoms with Crippen LogP contribution >= 0.6 is 11.6 Å². The molecule has 4 aromatic rings. The van der Waals surface area contributed by atoms with Crippen LogP contribution in [0.3, 0.4) is 0 Å². The minimum atomic E-state index is -0.0553. The number of rotatable bonds is 3. The Morgan fingerprint density at radius 2 is 1.85 bits per heavy atom. The van der Waals surface area contributed by atoms with Gasteiger partial charge in [-0.3, -0.25) is 4.79 Å². The smallest absolute Gasteiger partial charge is 0.293 e. The van der Waals surface area contributed by atoms with E-state index in [-0.39, 0.29) is 11.7 Å². The maximum absolute atomic E-state index is 11.5. The number of hydrogen-bond acceptors (Lipinski definition) is 5. The molecule has 5 nitrogen and oxygen atoms in total. The van der Waals surface area contributed by atoms with Gasteiger partial charge in [-0.05, 0) is 50.1 Å². The van der Waals surface area contributed by atoms with Gasteiger partial charge in [-0.1, -0.05) is 35.0 Å². The fraction of sp³-hybridized carbons (Fsp3) is 0.150. The Bertz CT molecular complexity index is 1120. The molecule has 2 aromatic heterocycles. The summed E-state index contributed by atoms with van der Waals surface area (Å²) in [6.07, 6.45) is 0. The van der Waals surface area contributed by atoms with Crippen LogP contribution in [0.4, 0.5) is 0 Å². The van der Waals surface area contributed by atoms with Crippen molar-refractivity contribution in [1.82, 2.24) is 10.1 Å². The lowest BCUT2D eigenvalue weighted by Crippen LogP contribution is -1.92. The van der Waals surface area contributed by atoms with Crippen LogP contribution in [0.5, 0.6) is 0 Å². The quantitative estimate of drug-likeness (QED) is 0.440. The molecule has 130 valence electrons. The molecule has 0 unspecified atom stereocenters. The van der Waals surface area contributed by atoms with Gasteiger partial charge in [0.2, 0.25) is 5.82 Å². The first-order valence-electron chi connectivity index (χ1n) is 8.08. The zero-order chi connectivity index (χ0) is 18.4. The molecule has 0 radical (unpaired) electrons. The number of nitrogens with zero attached hydrogens (tertiary/aromatic N) is 2. The summed E-state index contributed by atoms with van der Waals surface area (Å²) in [6, 6.07) is 11.0. The first-order chi connectivity index (χ1) is 12.4. The highest BCUT2D eigenvalue weighted by Gasteiger charge is 2.18. The van der Waals surface area contributed by atoms with E-state index in [1.54, 1.807) is 18.2 Å². The average Bonchev–Trinajstić information content (AvgIpc) is 3.25. The van der Waals surface area contributed by atoms with Crippen LogP contribution in [0, 0.1) is 13.8 Å². The first kappa shape index (κ1) is 16.5. The third-order valence-corrected chi connectivity index (χ3v) is 4.66. The van der Waals surface area contributed by atoms with Crippen LogP contribution in [0.1, 0.15) is 28.4 Å². The van der Waals surface area contributed by atoms with Crippen molar-refractivity contribution in [2.24, 2.45) is 0 Å². The zero-order valence-corrected chi connectivity index (χ0v) is 15.2. The van der Waals surface area contributed by atoms with Gasteiger partial charge >= 0.3 is 0 Å². The van der Waals surface area contributed by atoms with E-state index in [1.807, 2.05) is 32.0 Å². The second-order valence-corrected chi connectivity index (χ2v) is 6.63. The van der Waals surface area contributed by atoms with E-state index in [1.165, 1.54) is 6.92 Å². The van der Waals surface area contributed by atoms with Crippen LogP contribution in [-0.2, 0) is 0 Å². The van der Waals surface area contributed by atoms with E-state index < -0.39 is 0 Å². The number of hydrogen-bond donors (Lipinski definition) is 0. The van der Waals surface area contributed by atoms with Crippen molar-refractivity contribution >= 4 is 28.4 Å². The van der Waals surface area contributed by atoms with Gasteiger partial charge in [0.15, 0.2) is 11.5 Å².